The molecule has 0 aromatic rings. The summed E-state index contributed by atoms with van der Waals surface area (Å²) in [6, 6.07) is 0. The molecular weight excluding hydrogens is 164 g/mol. The Labute approximate surface area is 80.0 Å². The molecule has 1 aliphatic carbocycles. The molecule has 0 aromatic heterocycles. The summed E-state index contributed by atoms with van der Waals surface area (Å²) in [7, 11) is 1.72. The molecule has 0 N–H and O–H groups in total. The molecule has 0 saturated heterocycles. The second kappa shape index (κ2) is 3.26. The fourth-order valence-electron chi connectivity index (χ4n) is 1.56. The van der Waals surface area contributed by atoms with Crippen LogP contribution in [0.3, 0.4) is 0 Å². The van der Waals surface area contributed by atoms with Crippen LogP contribution in [0.15, 0.2) is 12.2 Å². The highest BCUT2D eigenvalue weighted by molar-refractivity contribution is 5.90. The van der Waals surface area contributed by atoms with Crippen molar-refractivity contribution < 1.29 is 9.53 Å². The van der Waals surface area contributed by atoms with E-state index in [2.05, 4.69) is 20.8 Å². The van der Waals surface area contributed by atoms with Crippen molar-refractivity contribution in [1.29, 1.82) is 0 Å². The van der Waals surface area contributed by atoms with E-state index < -0.39 is 0 Å². The predicted molar refractivity (Wildman–Crippen MR) is 52.6 cm³/mol. The topological polar surface area (TPSA) is 26.3 Å². The third-order valence-corrected chi connectivity index (χ3v) is 3.41. The van der Waals surface area contributed by atoms with Gasteiger partial charge >= 0.3 is 0 Å². The Kier molecular flexibility index (Phi) is 2.62. The molecule has 0 aromatic carbocycles. The van der Waals surface area contributed by atoms with E-state index in [1.165, 1.54) is 0 Å². The fourth-order valence-corrected chi connectivity index (χ4v) is 1.56. The third-order valence-electron chi connectivity index (χ3n) is 3.41. The van der Waals surface area contributed by atoms with Gasteiger partial charge in [-0.15, -0.1) is 0 Å². The Balaban J connectivity index is 2.89. The number of hydrogen-bond donors (Lipinski definition) is 0. The van der Waals surface area contributed by atoms with E-state index in [9.17, 15) is 4.79 Å². The summed E-state index contributed by atoms with van der Waals surface area (Å²) in [5.41, 5.74) is -0.222. The standard InChI is InChI=1S/C11H18O2/c1-10(2,13-4)11(3)7-5-9(12)6-8-11/h5,7H,6,8H2,1-4H3. The predicted octanol–water partition coefficient (Wildman–Crippen LogP) is 2.34. The molecule has 2 heteroatoms. The number of rotatable bonds is 2. The average molecular weight is 182 g/mol. The van der Waals surface area contributed by atoms with Crippen molar-refractivity contribution in [3.63, 3.8) is 0 Å². The fraction of sp³-hybridized carbons (Fsp3) is 0.727. The molecule has 1 rings (SSSR count). The number of allylic oxidation sites excluding steroid dienone is 1. The minimum absolute atomic E-state index is 0.0182. The highest BCUT2D eigenvalue weighted by Crippen LogP contribution is 2.41. The van der Waals surface area contributed by atoms with Crippen molar-refractivity contribution in [1.82, 2.24) is 0 Å². The summed E-state index contributed by atoms with van der Waals surface area (Å²) in [4.78, 5) is 11.0. The second-order valence-electron chi connectivity index (χ2n) is 4.43. The molecule has 0 heterocycles. The number of carbonyl (C=O) groups is 1. The van der Waals surface area contributed by atoms with Gasteiger partial charge in [0.2, 0.25) is 0 Å². The maximum absolute atomic E-state index is 11.0. The molecule has 74 valence electrons. The van der Waals surface area contributed by atoms with Crippen LogP contribution in [0, 0.1) is 5.41 Å². The molecule has 0 spiro atoms. The molecule has 0 fully saturated rings. The van der Waals surface area contributed by atoms with Crippen molar-refractivity contribution in [2.75, 3.05) is 7.11 Å². The lowest BCUT2D eigenvalue weighted by Gasteiger charge is -2.42. The average Bonchev–Trinajstić information content (AvgIpc) is 2.10. The van der Waals surface area contributed by atoms with Crippen molar-refractivity contribution in [3.05, 3.63) is 12.2 Å². The Morgan fingerprint density at radius 2 is 2.15 bits per heavy atom. The number of hydrogen-bond acceptors (Lipinski definition) is 2. The molecule has 1 atom stereocenters. The van der Waals surface area contributed by atoms with Gasteiger partial charge in [-0.3, -0.25) is 4.79 Å². The zero-order valence-corrected chi connectivity index (χ0v) is 8.89. The highest BCUT2D eigenvalue weighted by atomic mass is 16.5. The molecule has 0 amide bonds. The lowest BCUT2D eigenvalue weighted by atomic mass is 9.69. The summed E-state index contributed by atoms with van der Waals surface area (Å²) in [6.45, 7) is 6.26. The SMILES string of the molecule is COC(C)(C)C1(C)C=CC(=O)CC1. The van der Waals surface area contributed by atoms with Crippen LogP contribution in [-0.4, -0.2) is 18.5 Å². The van der Waals surface area contributed by atoms with Gasteiger partial charge in [0.05, 0.1) is 5.60 Å². The second-order valence-corrected chi connectivity index (χ2v) is 4.43. The van der Waals surface area contributed by atoms with E-state index >= 15 is 0 Å². The number of carbonyl (C=O) groups excluding carboxylic acids is 1. The van der Waals surface area contributed by atoms with E-state index in [0.717, 1.165) is 6.42 Å². The third kappa shape index (κ3) is 1.83. The minimum Gasteiger partial charge on any atom is -0.378 e. The molecule has 1 aliphatic rings. The molecule has 0 aliphatic heterocycles. The van der Waals surface area contributed by atoms with E-state index in [1.54, 1.807) is 13.2 Å². The van der Waals surface area contributed by atoms with Crippen LogP contribution in [0.5, 0.6) is 0 Å². The van der Waals surface area contributed by atoms with E-state index in [1.807, 2.05) is 6.08 Å². The summed E-state index contributed by atoms with van der Waals surface area (Å²) >= 11 is 0. The van der Waals surface area contributed by atoms with Gasteiger partial charge < -0.3 is 4.74 Å². The zero-order valence-electron chi connectivity index (χ0n) is 8.89. The van der Waals surface area contributed by atoms with Gasteiger partial charge in [0.25, 0.3) is 0 Å². The first kappa shape index (κ1) is 10.5. The smallest absolute Gasteiger partial charge is 0.155 e. The summed E-state index contributed by atoms with van der Waals surface area (Å²) in [5, 5.41) is 0. The van der Waals surface area contributed by atoms with Gasteiger partial charge in [-0.2, -0.15) is 0 Å². The van der Waals surface area contributed by atoms with E-state index in [-0.39, 0.29) is 16.8 Å². The van der Waals surface area contributed by atoms with Crippen LogP contribution in [0.4, 0.5) is 0 Å². The lowest BCUT2D eigenvalue weighted by molar-refractivity contribution is -0.117. The molecule has 13 heavy (non-hydrogen) atoms. The Bertz CT molecular complexity index is 240. The van der Waals surface area contributed by atoms with Crippen LogP contribution in [-0.2, 0) is 9.53 Å². The van der Waals surface area contributed by atoms with Gasteiger partial charge in [-0.25, -0.2) is 0 Å². The number of ketones is 1. The molecule has 1 unspecified atom stereocenters. The highest BCUT2D eigenvalue weighted by Gasteiger charge is 2.40. The molecule has 0 saturated carbocycles. The maximum atomic E-state index is 11.0. The zero-order chi connectivity index (χ0) is 10.1. The van der Waals surface area contributed by atoms with E-state index in [0.29, 0.717) is 6.42 Å². The van der Waals surface area contributed by atoms with Gasteiger partial charge in [0.15, 0.2) is 5.78 Å². The molecule has 2 nitrogen and oxygen atoms in total. The van der Waals surface area contributed by atoms with Crippen molar-refractivity contribution >= 4 is 5.78 Å². The Hall–Kier alpha value is -0.630. The lowest BCUT2D eigenvalue weighted by Crippen LogP contribution is -2.43. The monoisotopic (exact) mass is 182 g/mol. The van der Waals surface area contributed by atoms with Crippen molar-refractivity contribution in [2.24, 2.45) is 5.41 Å². The van der Waals surface area contributed by atoms with Crippen molar-refractivity contribution in [2.45, 2.75) is 39.2 Å². The summed E-state index contributed by atoms with van der Waals surface area (Å²) in [5.74, 6) is 0.226. The Morgan fingerprint density at radius 1 is 1.54 bits per heavy atom. The normalized spacial score (nSPS) is 29.4. The Morgan fingerprint density at radius 3 is 2.54 bits per heavy atom. The number of ether oxygens (including phenoxy) is 1. The van der Waals surface area contributed by atoms with Crippen LogP contribution in [0.25, 0.3) is 0 Å². The number of methoxy groups -OCH3 is 1. The van der Waals surface area contributed by atoms with Crippen LogP contribution in [0.1, 0.15) is 33.6 Å². The van der Waals surface area contributed by atoms with Crippen LogP contribution >= 0.6 is 0 Å². The molecular formula is C11H18O2. The van der Waals surface area contributed by atoms with Crippen LogP contribution in [0.2, 0.25) is 0 Å². The summed E-state index contributed by atoms with van der Waals surface area (Å²) in [6.07, 6.45) is 5.19. The summed E-state index contributed by atoms with van der Waals surface area (Å²) < 4.78 is 5.45. The van der Waals surface area contributed by atoms with Crippen molar-refractivity contribution in [3.8, 4) is 0 Å². The first-order chi connectivity index (χ1) is 5.91. The molecule has 0 bridgehead atoms. The van der Waals surface area contributed by atoms with Gasteiger partial charge in [0, 0.05) is 18.9 Å². The van der Waals surface area contributed by atoms with Gasteiger partial charge in [-0.05, 0) is 26.3 Å². The maximum Gasteiger partial charge on any atom is 0.155 e. The first-order valence-electron chi connectivity index (χ1n) is 4.68. The van der Waals surface area contributed by atoms with Gasteiger partial charge in [-0.1, -0.05) is 13.0 Å². The quantitative estimate of drug-likeness (QED) is 0.655. The molecule has 0 radical (unpaired) electrons. The minimum atomic E-state index is -0.204. The largest absolute Gasteiger partial charge is 0.378 e. The van der Waals surface area contributed by atoms with Gasteiger partial charge in [0.1, 0.15) is 0 Å². The van der Waals surface area contributed by atoms with E-state index in [4.69, 9.17) is 4.74 Å². The van der Waals surface area contributed by atoms with Crippen LogP contribution < -0.4 is 0 Å². The first-order valence-corrected chi connectivity index (χ1v) is 4.68.